The van der Waals surface area contributed by atoms with Crippen LogP contribution in [-0.4, -0.2) is 45.0 Å². The fraction of sp³-hybridized carbons (Fsp3) is 0.250. The SMILES string of the molecule is C=C.O=C([O-])CO.[Pb]. The van der Waals surface area contributed by atoms with Gasteiger partial charge in [-0.05, 0) is 0 Å². The van der Waals surface area contributed by atoms with E-state index in [2.05, 4.69) is 13.2 Å². The minimum Gasteiger partial charge on any atom is -0.548 e. The van der Waals surface area contributed by atoms with Crippen molar-refractivity contribution in [3.8, 4) is 0 Å². The van der Waals surface area contributed by atoms with Crippen LogP contribution >= 0.6 is 0 Å². The zero-order chi connectivity index (χ0) is 6.28. The van der Waals surface area contributed by atoms with Crippen LogP contribution in [0.3, 0.4) is 0 Å². The molecule has 0 aliphatic rings. The van der Waals surface area contributed by atoms with Crippen molar-refractivity contribution in [2.75, 3.05) is 6.61 Å². The average molecular weight is 310 g/mol. The molecular weight excluding hydrogens is 303 g/mol. The smallest absolute Gasteiger partial charge is 0.0826 e. The molecule has 1 N–H and O–H groups in total. The van der Waals surface area contributed by atoms with Crippen molar-refractivity contribution in [1.29, 1.82) is 0 Å². The van der Waals surface area contributed by atoms with Crippen molar-refractivity contribution in [3.63, 3.8) is 0 Å². The molecule has 0 rings (SSSR count). The molecule has 4 heteroatoms. The number of carboxylic acids is 1. The Morgan fingerprint density at radius 3 is 1.75 bits per heavy atom. The number of carboxylic acid groups (broad SMARTS) is 1. The van der Waals surface area contributed by atoms with E-state index in [1.54, 1.807) is 0 Å². The molecule has 0 bridgehead atoms. The van der Waals surface area contributed by atoms with Gasteiger partial charge in [-0.2, -0.15) is 0 Å². The molecule has 0 atom stereocenters. The van der Waals surface area contributed by atoms with E-state index in [0.29, 0.717) is 0 Å². The predicted molar refractivity (Wildman–Crippen MR) is 29.1 cm³/mol. The molecular formula is C4H7O3Pb-. The second kappa shape index (κ2) is 15.7. The van der Waals surface area contributed by atoms with Crippen molar-refractivity contribution in [1.82, 2.24) is 0 Å². The van der Waals surface area contributed by atoms with Crippen molar-refractivity contribution >= 4 is 33.3 Å². The van der Waals surface area contributed by atoms with Gasteiger partial charge in [0.15, 0.2) is 0 Å². The summed E-state index contributed by atoms with van der Waals surface area (Å²) in [6, 6.07) is 0. The fourth-order valence-electron chi connectivity index (χ4n) is 0. The van der Waals surface area contributed by atoms with E-state index in [4.69, 9.17) is 15.0 Å². The van der Waals surface area contributed by atoms with Crippen LogP contribution in [0.4, 0.5) is 0 Å². The number of aliphatic hydroxyl groups is 1. The monoisotopic (exact) mass is 311 g/mol. The van der Waals surface area contributed by atoms with E-state index in [1.807, 2.05) is 0 Å². The van der Waals surface area contributed by atoms with E-state index in [9.17, 15) is 0 Å². The van der Waals surface area contributed by atoms with Gasteiger partial charge in [-0.1, -0.05) is 0 Å². The Balaban J connectivity index is -0.0000000750. The molecule has 3 nitrogen and oxygen atoms in total. The zero-order valence-corrected chi connectivity index (χ0v) is 8.27. The molecule has 0 saturated heterocycles. The maximum atomic E-state index is 9.01. The van der Waals surface area contributed by atoms with Gasteiger partial charge in [0.1, 0.15) is 0 Å². The Morgan fingerprint density at radius 2 is 1.75 bits per heavy atom. The largest absolute Gasteiger partial charge is 0.548 e. The Bertz CT molecular complexity index is 55.2. The van der Waals surface area contributed by atoms with Gasteiger partial charge in [0, 0.05) is 27.3 Å². The molecule has 0 fully saturated rings. The van der Waals surface area contributed by atoms with Crippen LogP contribution < -0.4 is 5.11 Å². The third-order valence-electron chi connectivity index (χ3n) is 0.129. The number of aliphatic carboxylic acids is 1. The molecule has 0 unspecified atom stereocenters. The third-order valence-corrected chi connectivity index (χ3v) is 0.129. The van der Waals surface area contributed by atoms with Crippen molar-refractivity contribution < 1.29 is 15.0 Å². The third kappa shape index (κ3) is 36.1. The molecule has 0 spiro atoms. The van der Waals surface area contributed by atoms with Gasteiger partial charge >= 0.3 is 0 Å². The van der Waals surface area contributed by atoms with Crippen LogP contribution in [0.2, 0.25) is 0 Å². The number of carbonyl (C=O) groups excluding carboxylic acids is 1. The molecule has 4 radical (unpaired) electrons. The van der Waals surface area contributed by atoms with Crippen LogP contribution in [0.15, 0.2) is 13.2 Å². The van der Waals surface area contributed by atoms with Crippen molar-refractivity contribution in [2.45, 2.75) is 0 Å². The van der Waals surface area contributed by atoms with Crippen LogP contribution in [0.1, 0.15) is 0 Å². The van der Waals surface area contributed by atoms with Crippen LogP contribution in [-0.2, 0) is 4.79 Å². The number of hydrogen-bond acceptors (Lipinski definition) is 3. The number of rotatable bonds is 1. The van der Waals surface area contributed by atoms with Gasteiger partial charge in [-0.15, -0.1) is 13.2 Å². The van der Waals surface area contributed by atoms with Gasteiger partial charge in [-0.3, -0.25) is 0 Å². The van der Waals surface area contributed by atoms with Crippen LogP contribution in [0.25, 0.3) is 0 Å². The van der Waals surface area contributed by atoms with Gasteiger partial charge in [0.25, 0.3) is 0 Å². The Labute approximate surface area is 68.2 Å². The Kier molecular flexibility index (Phi) is 30.8. The first-order valence-corrected chi connectivity index (χ1v) is 1.58. The number of carbonyl (C=O) groups is 1. The van der Waals surface area contributed by atoms with Gasteiger partial charge in [0.05, 0.1) is 12.6 Å². The second-order valence-corrected chi connectivity index (χ2v) is 0.530. The van der Waals surface area contributed by atoms with E-state index >= 15 is 0 Å². The molecule has 46 valence electrons. The quantitative estimate of drug-likeness (QED) is 0.457. The van der Waals surface area contributed by atoms with E-state index in [-0.39, 0.29) is 27.3 Å². The normalized spacial score (nSPS) is 5.12. The second-order valence-electron chi connectivity index (χ2n) is 0.530. The molecule has 0 aromatic heterocycles. The fourth-order valence-corrected chi connectivity index (χ4v) is 0. The summed E-state index contributed by atoms with van der Waals surface area (Å²) in [7, 11) is 0. The maximum Gasteiger partial charge on any atom is 0.0826 e. The number of hydrogen-bond donors (Lipinski definition) is 1. The summed E-state index contributed by atoms with van der Waals surface area (Å²) >= 11 is 0. The molecule has 8 heavy (non-hydrogen) atoms. The molecule has 0 aromatic carbocycles. The van der Waals surface area contributed by atoms with E-state index in [1.165, 1.54) is 0 Å². The Hall–Kier alpha value is 0.0921. The van der Waals surface area contributed by atoms with E-state index in [0.717, 1.165) is 0 Å². The summed E-state index contributed by atoms with van der Waals surface area (Å²) in [5.41, 5.74) is 0. The molecule has 0 heterocycles. The molecule has 0 aliphatic carbocycles. The standard InChI is InChI=1S/C2H4O3.C2H4.Pb/c3-1-2(4)5;1-2;/h3H,1H2,(H,4,5);1-2H2;/p-1. The first-order valence-electron chi connectivity index (χ1n) is 1.58. The summed E-state index contributed by atoms with van der Waals surface area (Å²) in [4.78, 5) is 9.01. The summed E-state index contributed by atoms with van der Waals surface area (Å²) in [5, 5.41) is 16.5. The van der Waals surface area contributed by atoms with Crippen molar-refractivity contribution in [2.24, 2.45) is 0 Å². The first kappa shape index (κ1) is 15.7. The van der Waals surface area contributed by atoms with Gasteiger partial charge < -0.3 is 15.0 Å². The molecule has 0 saturated carbocycles. The summed E-state index contributed by atoms with van der Waals surface area (Å²) in [6.45, 7) is 5.11. The molecule has 0 aliphatic heterocycles. The minimum atomic E-state index is -1.44. The van der Waals surface area contributed by atoms with E-state index < -0.39 is 12.6 Å². The Morgan fingerprint density at radius 1 is 1.62 bits per heavy atom. The maximum absolute atomic E-state index is 9.01. The van der Waals surface area contributed by atoms with Gasteiger partial charge in [0.2, 0.25) is 0 Å². The minimum absolute atomic E-state index is 0. The summed E-state index contributed by atoms with van der Waals surface area (Å²) in [5.74, 6) is -1.44. The zero-order valence-electron chi connectivity index (χ0n) is 4.39. The van der Waals surface area contributed by atoms with Crippen LogP contribution in [0.5, 0.6) is 0 Å². The summed E-state index contributed by atoms with van der Waals surface area (Å²) < 4.78 is 0. The number of aliphatic hydroxyl groups excluding tert-OH is 1. The van der Waals surface area contributed by atoms with Gasteiger partial charge in [-0.25, -0.2) is 0 Å². The summed E-state index contributed by atoms with van der Waals surface area (Å²) in [6.07, 6.45) is 0. The molecule has 0 aromatic rings. The topological polar surface area (TPSA) is 60.4 Å². The van der Waals surface area contributed by atoms with Crippen LogP contribution in [0, 0.1) is 0 Å². The molecule has 0 amide bonds. The first-order chi connectivity index (χ1) is 3.27. The van der Waals surface area contributed by atoms with Crippen molar-refractivity contribution in [3.05, 3.63) is 13.2 Å². The average Bonchev–Trinajstić information content (AvgIpc) is 1.73. The predicted octanol–water partition coefficient (Wildman–Crippen LogP) is -1.85.